The molecule has 0 spiro atoms. The third-order valence-electron chi connectivity index (χ3n) is 0.753. The number of hydrogen-bond donors (Lipinski definition) is 0. The van der Waals surface area contributed by atoms with Gasteiger partial charge in [0.1, 0.15) is 0 Å². The monoisotopic (exact) mass is 152 g/mol. The van der Waals surface area contributed by atoms with Crippen LogP contribution in [0.25, 0.3) is 0 Å². The van der Waals surface area contributed by atoms with Crippen LogP contribution in [0.15, 0.2) is 0 Å². The predicted molar refractivity (Wildman–Crippen MR) is 36.7 cm³/mol. The van der Waals surface area contributed by atoms with Crippen molar-refractivity contribution in [3.63, 3.8) is 0 Å². The third kappa shape index (κ3) is 4.47. The van der Waals surface area contributed by atoms with Crippen LogP contribution in [0.1, 0.15) is 0 Å². The van der Waals surface area contributed by atoms with Gasteiger partial charge in [0, 0.05) is 14.2 Å². The summed E-state index contributed by atoms with van der Waals surface area (Å²) >= 11 is 0. The van der Waals surface area contributed by atoms with E-state index in [4.69, 9.17) is 13.0 Å². The Morgan fingerprint density at radius 3 is 2.38 bits per heavy atom. The summed E-state index contributed by atoms with van der Waals surface area (Å²) < 4.78 is 14.9. The summed E-state index contributed by atoms with van der Waals surface area (Å²) in [5.74, 6) is 0. The lowest BCUT2D eigenvalue weighted by Crippen LogP contribution is -2.19. The maximum atomic E-state index is 5.17. The minimum Gasteiger partial charge on any atom is -0.422 e. The van der Waals surface area contributed by atoms with Crippen molar-refractivity contribution in [2.75, 3.05) is 14.2 Å². The maximum Gasteiger partial charge on any atom is 0.308 e. The zero-order valence-corrected chi connectivity index (χ0v) is 8.08. The van der Waals surface area contributed by atoms with Crippen LogP contribution in [0.5, 0.6) is 0 Å². The second kappa shape index (κ2) is 5.45. The van der Waals surface area contributed by atoms with Crippen molar-refractivity contribution >= 4 is 19.3 Å². The Kier molecular flexibility index (Phi) is 5.66. The average molecular weight is 152 g/mol. The highest BCUT2D eigenvalue weighted by molar-refractivity contribution is 6.49. The van der Waals surface area contributed by atoms with Gasteiger partial charge in [0.2, 0.25) is 0 Å². The Hall–Kier alpha value is 0.314. The summed E-state index contributed by atoms with van der Waals surface area (Å²) in [4.78, 5) is 0. The van der Waals surface area contributed by atoms with Crippen LogP contribution in [0.4, 0.5) is 0 Å². The lowest BCUT2D eigenvalue weighted by molar-refractivity contribution is 0.303. The third-order valence-corrected chi connectivity index (χ3v) is 4.07. The van der Waals surface area contributed by atoms with Crippen LogP contribution in [-0.4, -0.2) is 33.5 Å². The Morgan fingerprint density at radius 1 is 1.38 bits per heavy atom. The van der Waals surface area contributed by atoms with Gasteiger partial charge >= 0.3 is 9.28 Å². The minimum absolute atomic E-state index is 0.700. The van der Waals surface area contributed by atoms with E-state index in [2.05, 4.69) is 0 Å². The van der Waals surface area contributed by atoms with Crippen LogP contribution in [0.2, 0.25) is 6.55 Å². The summed E-state index contributed by atoms with van der Waals surface area (Å²) in [5, 5.41) is 0. The minimum atomic E-state index is -1.26. The lowest BCUT2D eigenvalue weighted by atomic mass is 11.8. The molecule has 3 nitrogen and oxygen atoms in total. The zero-order chi connectivity index (χ0) is 6.41. The van der Waals surface area contributed by atoms with E-state index in [0.29, 0.717) is 0 Å². The Balaban J connectivity index is 2.86. The molecule has 0 aromatic rings. The molecule has 0 aromatic carbocycles. The molecular weight excluding hydrogens is 140 g/mol. The van der Waals surface area contributed by atoms with Crippen molar-refractivity contribution in [2.45, 2.75) is 6.55 Å². The van der Waals surface area contributed by atoms with Crippen molar-refractivity contribution < 1.29 is 13.0 Å². The first-order valence-corrected chi connectivity index (χ1v) is 5.69. The first-order valence-electron chi connectivity index (χ1n) is 2.44. The van der Waals surface area contributed by atoms with Crippen molar-refractivity contribution in [1.29, 1.82) is 0 Å². The molecule has 0 rings (SSSR count). The lowest BCUT2D eigenvalue weighted by Gasteiger charge is -2.06. The van der Waals surface area contributed by atoms with E-state index in [9.17, 15) is 0 Å². The highest BCUT2D eigenvalue weighted by atomic mass is 28.4. The van der Waals surface area contributed by atoms with Crippen LogP contribution in [-0.2, 0) is 13.0 Å². The van der Waals surface area contributed by atoms with E-state index in [0.717, 1.165) is 0 Å². The summed E-state index contributed by atoms with van der Waals surface area (Å²) in [7, 11) is 1.36. The molecule has 0 amide bonds. The Labute approximate surface area is 53.9 Å². The van der Waals surface area contributed by atoms with Crippen molar-refractivity contribution in [1.82, 2.24) is 0 Å². The molecule has 0 saturated carbocycles. The second-order valence-corrected chi connectivity index (χ2v) is 5.13. The summed E-state index contributed by atoms with van der Waals surface area (Å²) in [6.07, 6.45) is 0. The topological polar surface area (TPSA) is 27.7 Å². The molecule has 0 aliphatic carbocycles. The first kappa shape index (κ1) is 8.31. The standard InChI is InChI=1S/C3H12O3Si2/c1-4-7-6-8(3)5-2/h8H,7H2,1-3H3. The van der Waals surface area contributed by atoms with Gasteiger partial charge in [-0.25, -0.2) is 0 Å². The van der Waals surface area contributed by atoms with E-state index in [1.54, 1.807) is 14.2 Å². The van der Waals surface area contributed by atoms with Gasteiger partial charge in [-0.1, -0.05) is 0 Å². The molecule has 0 aliphatic heterocycles. The first-order chi connectivity index (χ1) is 3.81. The smallest absolute Gasteiger partial charge is 0.308 e. The summed E-state index contributed by atoms with van der Waals surface area (Å²) in [6.45, 7) is 1.98. The fourth-order valence-corrected chi connectivity index (χ4v) is 2.09. The molecule has 0 aliphatic rings. The molecule has 5 heteroatoms. The van der Waals surface area contributed by atoms with Crippen LogP contribution in [0, 0.1) is 0 Å². The molecule has 1 unspecified atom stereocenters. The van der Waals surface area contributed by atoms with Crippen molar-refractivity contribution in [3.05, 3.63) is 0 Å². The largest absolute Gasteiger partial charge is 0.422 e. The van der Waals surface area contributed by atoms with Gasteiger partial charge in [0.15, 0.2) is 0 Å². The predicted octanol–water partition coefficient (Wildman–Crippen LogP) is -0.855. The van der Waals surface area contributed by atoms with Crippen molar-refractivity contribution in [2.24, 2.45) is 0 Å². The molecule has 0 aromatic heterocycles. The number of rotatable bonds is 4. The zero-order valence-electron chi connectivity index (χ0n) is 5.51. The van der Waals surface area contributed by atoms with Crippen LogP contribution < -0.4 is 0 Å². The molecule has 0 fully saturated rings. The van der Waals surface area contributed by atoms with E-state index < -0.39 is 19.3 Å². The SMILES string of the molecule is CO[SiH2]O[SiH](C)OC. The maximum absolute atomic E-state index is 5.17. The summed E-state index contributed by atoms with van der Waals surface area (Å²) in [6, 6.07) is 0. The van der Waals surface area contributed by atoms with E-state index in [-0.39, 0.29) is 0 Å². The summed E-state index contributed by atoms with van der Waals surface area (Å²) in [5.41, 5.74) is 0. The molecule has 0 radical (unpaired) electrons. The van der Waals surface area contributed by atoms with Gasteiger partial charge in [-0.3, -0.25) is 0 Å². The quantitative estimate of drug-likeness (QED) is 0.491. The Morgan fingerprint density at radius 2 is 2.00 bits per heavy atom. The molecule has 0 bridgehead atoms. The van der Waals surface area contributed by atoms with Gasteiger partial charge in [-0.15, -0.1) is 0 Å². The van der Waals surface area contributed by atoms with Gasteiger partial charge in [-0.05, 0) is 6.55 Å². The van der Waals surface area contributed by atoms with Gasteiger partial charge < -0.3 is 13.0 Å². The van der Waals surface area contributed by atoms with Crippen LogP contribution in [0.3, 0.4) is 0 Å². The van der Waals surface area contributed by atoms with E-state index in [1.165, 1.54) is 0 Å². The van der Waals surface area contributed by atoms with Crippen molar-refractivity contribution in [3.8, 4) is 0 Å². The highest BCUT2D eigenvalue weighted by Crippen LogP contribution is 1.81. The molecule has 0 heterocycles. The second-order valence-electron chi connectivity index (χ2n) is 1.38. The van der Waals surface area contributed by atoms with Crippen LogP contribution >= 0.6 is 0 Å². The van der Waals surface area contributed by atoms with Gasteiger partial charge in [0.05, 0.1) is 0 Å². The normalized spacial score (nSPS) is 15.4. The number of hydrogen-bond acceptors (Lipinski definition) is 3. The average Bonchev–Trinajstić information content (AvgIpc) is 1.83. The van der Waals surface area contributed by atoms with Gasteiger partial charge in [-0.2, -0.15) is 0 Å². The molecule has 0 N–H and O–H groups in total. The van der Waals surface area contributed by atoms with E-state index in [1.807, 2.05) is 6.55 Å². The molecule has 0 saturated heterocycles. The fraction of sp³-hybridized carbons (Fsp3) is 1.00. The molecular formula is C3H12O3Si2. The van der Waals surface area contributed by atoms with Gasteiger partial charge in [0.25, 0.3) is 10.0 Å². The van der Waals surface area contributed by atoms with E-state index >= 15 is 0 Å². The molecule has 50 valence electrons. The Bertz CT molecular complexity index is 51.8. The molecule has 1 atom stereocenters. The molecule has 8 heavy (non-hydrogen) atoms. The highest BCUT2D eigenvalue weighted by Gasteiger charge is 1.99. The fourth-order valence-electron chi connectivity index (χ4n) is 0.232.